The molecule has 3 aromatic rings. The molecule has 0 saturated carbocycles. The highest BCUT2D eigenvalue weighted by Crippen LogP contribution is 2.41. The first kappa shape index (κ1) is 20.0. The molecule has 1 N–H and O–H groups in total. The van der Waals surface area contributed by atoms with Crippen LogP contribution in [0.25, 0.3) is 0 Å². The zero-order valence-corrected chi connectivity index (χ0v) is 17.5. The van der Waals surface area contributed by atoms with Crippen LogP contribution in [0.5, 0.6) is 5.75 Å². The number of hydrogen-bond donors (Lipinski definition) is 1. The Bertz CT molecular complexity index is 1100. The third kappa shape index (κ3) is 4.16. The third-order valence-electron chi connectivity index (χ3n) is 4.92. The monoisotopic (exact) mass is 419 g/mol. The number of amides is 2. The number of methoxy groups -OCH3 is 1. The minimum Gasteiger partial charge on any atom is -0.497 e. The number of aryl methyl sites for hydroxylation is 1. The fourth-order valence-electron chi connectivity index (χ4n) is 3.25. The van der Waals surface area contributed by atoms with Gasteiger partial charge < -0.3 is 15.0 Å². The maximum absolute atomic E-state index is 12.7. The molecule has 0 spiro atoms. The molecule has 0 fully saturated rings. The van der Waals surface area contributed by atoms with Crippen molar-refractivity contribution in [3.05, 3.63) is 71.9 Å². The van der Waals surface area contributed by atoms with E-state index in [1.54, 1.807) is 37.4 Å². The second-order valence-corrected chi connectivity index (χ2v) is 7.93. The molecule has 152 valence electrons. The molecule has 6 nitrogen and oxygen atoms in total. The van der Waals surface area contributed by atoms with Crippen LogP contribution in [0.3, 0.4) is 0 Å². The minimum absolute atomic E-state index is 0.0626. The van der Waals surface area contributed by atoms with Crippen LogP contribution in [-0.4, -0.2) is 31.0 Å². The topological polar surface area (TPSA) is 71.5 Å². The Kier molecular flexibility index (Phi) is 5.72. The molecule has 2 aromatic carbocycles. The second-order valence-electron chi connectivity index (χ2n) is 6.90. The van der Waals surface area contributed by atoms with Gasteiger partial charge in [-0.1, -0.05) is 23.9 Å². The van der Waals surface area contributed by atoms with E-state index in [1.165, 1.54) is 11.8 Å². The molecular formula is C23H21N3O3S. The first-order valence-electron chi connectivity index (χ1n) is 9.53. The van der Waals surface area contributed by atoms with E-state index in [-0.39, 0.29) is 11.8 Å². The summed E-state index contributed by atoms with van der Waals surface area (Å²) in [5, 5.41) is 3.62. The van der Waals surface area contributed by atoms with E-state index in [9.17, 15) is 9.59 Å². The van der Waals surface area contributed by atoms with Crippen LogP contribution < -0.4 is 15.0 Å². The minimum atomic E-state index is -0.0966. The molecule has 0 aliphatic carbocycles. The van der Waals surface area contributed by atoms with Crippen LogP contribution in [0.4, 0.5) is 11.4 Å². The number of carbonyl (C=O) groups is 2. The van der Waals surface area contributed by atoms with Gasteiger partial charge in [0.15, 0.2) is 0 Å². The maximum atomic E-state index is 12.7. The summed E-state index contributed by atoms with van der Waals surface area (Å²) in [5.74, 6) is 0.637. The summed E-state index contributed by atoms with van der Waals surface area (Å²) < 4.78 is 5.15. The van der Waals surface area contributed by atoms with Crippen LogP contribution >= 0.6 is 11.8 Å². The van der Waals surface area contributed by atoms with Gasteiger partial charge in [0.1, 0.15) is 10.8 Å². The molecule has 30 heavy (non-hydrogen) atoms. The second kappa shape index (κ2) is 8.59. The highest BCUT2D eigenvalue weighted by atomic mass is 32.2. The van der Waals surface area contributed by atoms with Crippen molar-refractivity contribution in [2.75, 3.05) is 24.4 Å². The van der Waals surface area contributed by atoms with Gasteiger partial charge in [-0.2, -0.15) is 0 Å². The highest BCUT2D eigenvalue weighted by molar-refractivity contribution is 7.99. The summed E-state index contributed by atoms with van der Waals surface area (Å²) in [6.07, 6.45) is 2.69. The Balaban J connectivity index is 1.47. The zero-order valence-electron chi connectivity index (χ0n) is 16.7. The molecule has 0 bridgehead atoms. The van der Waals surface area contributed by atoms with Gasteiger partial charge in [-0.15, -0.1) is 0 Å². The summed E-state index contributed by atoms with van der Waals surface area (Å²) in [6, 6.07) is 16.8. The van der Waals surface area contributed by atoms with Crippen molar-refractivity contribution in [2.24, 2.45) is 0 Å². The molecule has 7 heteroatoms. The number of carbonyl (C=O) groups excluding carboxylic acids is 2. The van der Waals surface area contributed by atoms with E-state index >= 15 is 0 Å². The van der Waals surface area contributed by atoms with Crippen molar-refractivity contribution in [1.29, 1.82) is 0 Å². The Hall–Kier alpha value is -3.32. The van der Waals surface area contributed by atoms with Gasteiger partial charge in [0.25, 0.3) is 5.91 Å². The number of benzene rings is 2. The Morgan fingerprint density at radius 3 is 2.73 bits per heavy atom. The lowest BCUT2D eigenvalue weighted by Gasteiger charge is -2.18. The first-order chi connectivity index (χ1) is 14.5. The van der Waals surface area contributed by atoms with Gasteiger partial charge >= 0.3 is 0 Å². The molecule has 1 aliphatic heterocycles. The fraction of sp³-hybridized carbons (Fsp3) is 0.174. The van der Waals surface area contributed by atoms with Gasteiger partial charge in [0.05, 0.1) is 18.4 Å². The smallest absolute Gasteiger partial charge is 0.260 e. The van der Waals surface area contributed by atoms with Crippen molar-refractivity contribution in [3.63, 3.8) is 0 Å². The molecule has 0 radical (unpaired) electrons. The molecule has 0 atom stereocenters. The number of nitrogens with zero attached hydrogens (tertiary/aromatic N) is 2. The van der Waals surface area contributed by atoms with Gasteiger partial charge in [-0.25, -0.2) is 4.98 Å². The fourth-order valence-corrected chi connectivity index (χ4v) is 4.34. The summed E-state index contributed by atoms with van der Waals surface area (Å²) in [7, 11) is 3.38. The zero-order chi connectivity index (χ0) is 21.1. The molecular weight excluding hydrogens is 398 g/mol. The van der Waals surface area contributed by atoms with E-state index in [0.29, 0.717) is 29.1 Å². The van der Waals surface area contributed by atoms with Crippen molar-refractivity contribution in [3.8, 4) is 5.75 Å². The van der Waals surface area contributed by atoms with E-state index in [2.05, 4.69) is 10.3 Å². The summed E-state index contributed by atoms with van der Waals surface area (Å²) in [6.45, 7) is 0. The van der Waals surface area contributed by atoms with Gasteiger partial charge in [0, 0.05) is 30.2 Å². The Morgan fingerprint density at radius 1 is 1.17 bits per heavy atom. The number of aromatic nitrogens is 1. The Morgan fingerprint density at radius 2 is 1.97 bits per heavy atom. The Labute approximate surface area is 179 Å². The number of anilines is 2. The van der Waals surface area contributed by atoms with E-state index < -0.39 is 0 Å². The SMILES string of the molecule is COc1ccc(CCC(=O)Nc2ccc3c(c2)Sc2ncccc2C(=O)N3C)cc1. The van der Waals surface area contributed by atoms with Crippen LogP contribution in [-0.2, 0) is 11.2 Å². The summed E-state index contributed by atoms with van der Waals surface area (Å²) >= 11 is 1.43. The van der Waals surface area contributed by atoms with Crippen LogP contribution in [0, 0.1) is 0 Å². The van der Waals surface area contributed by atoms with Crippen molar-refractivity contribution in [1.82, 2.24) is 4.98 Å². The van der Waals surface area contributed by atoms with E-state index in [1.807, 2.05) is 42.5 Å². The number of rotatable bonds is 5. The van der Waals surface area contributed by atoms with Crippen molar-refractivity contribution in [2.45, 2.75) is 22.8 Å². The van der Waals surface area contributed by atoms with Crippen molar-refractivity contribution >= 4 is 35.0 Å². The quantitative estimate of drug-likeness (QED) is 0.664. The molecule has 0 saturated heterocycles. The lowest BCUT2D eigenvalue weighted by atomic mass is 10.1. The van der Waals surface area contributed by atoms with E-state index in [4.69, 9.17) is 4.74 Å². The van der Waals surface area contributed by atoms with Gasteiger partial charge in [-0.05, 0) is 54.4 Å². The molecule has 1 aromatic heterocycles. The van der Waals surface area contributed by atoms with Crippen molar-refractivity contribution < 1.29 is 14.3 Å². The predicted molar refractivity (Wildman–Crippen MR) is 117 cm³/mol. The highest BCUT2D eigenvalue weighted by Gasteiger charge is 2.25. The first-order valence-corrected chi connectivity index (χ1v) is 10.3. The standard InChI is InChI=1S/C23H21N3O3S/c1-26-19-11-8-16(14-20(19)30-22-18(23(26)28)4-3-13-24-22)25-21(27)12-7-15-5-9-17(29-2)10-6-15/h3-6,8-11,13-14H,7,12H2,1-2H3,(H,25,27). The van der Waals surface area contributed by atoms with Gasteiger partial charge in [0.2, 0.25) is 5.91 Å². The van der Waals surface area contributed by atoms with E-state index in [0.717, 1.165) is 21.9 Å². The maximum Gasteiger partial charge on any atom is 0.260 e. The molecule has 2 heterocycles. The molecule has 2 amide bonds. The number of pyridine rings is 1. The molecule has 0 unspecified atom stereocenters. The summed E-state index contributed by atoms with van der Waals surface area (Å²) in [4.78, 5) is 32.0. The number of nitrogens with one attached hydrogen (secondary N) is 1. The molecule has 1 aliphatic rings. The van der Waals surface area contributed by atoms with Crippen LogP contribution in [0.1, 0.15) is 22.3 Å². The average Bonchev–Trinajstić information content (AvgIpc) is 2.87. The van der Waals surface area contributed by atoms with Crippen LogP contribution in [0.2, 0.25) is 0 Å². The molecule has 4 rings (SSSR count). The van der Waals surface area contributed by atoms with Gasteiger partial charge in [-0.3, -0.25) is 9.59 Å². The third-order valence-corrected chi connectivity index (χ3v) is 5.98. The number of fused-ring (bicyclic) bond motifs is 2. The predicted octanol–water partition coefficient (Wildman–Crippen LogP) is 4.40. The normalized spacial score (nSPS) is 12.6. The largest absolute Gasteiger partial charge is 0.497 e. The average molecular weight is 420 g/mol. The lowest BCUT2D eigenvalue weighted by molar-refractivity contribution is -0.116. The number of ether oxygens (including phenoxy) is 1. The lowest BCUT2D eigenvalue weighted by Crippen LogP contribution is -2.26. The number of hydrogen-bond acceptors (Lipinski definition) is 5. The summed E-state index contributed by atoms with van der Waals surface area (Å²) in [5.41, 5.74) is 3.14. The van der Waals surface area contributed by atoms with Crippen LogP contribution in [0.15, 0.2) is 70.7 Å².